The van der Waals surface area contributed by atoms with Gasteiger partial charge in [0.2, 0.25) is 0 Å². The lowest BCUT2D eigenvalue weighted by atomic mass is 10.2. The summed E-state index contributed by atoms with van der Waals surface area (Å²) in [7, 11) is 0. The van der Waals surface area contributed by atoms with Crippen LogP contribution in [0.5, 0.6) is 0 Å². The van der Waals surface area contributed by atoms with Crippen LogP contribution in [0, 0.1) is 0 Å². The third-order valence-corrected chi connectivity index (χ3v) is 2.72. The topological polar surface area (TPSA) is 43.3 Å². The van der Waals surface area contributed by atoms with Gasteiger partial charge in [0, 0.05) is 18.8 Å². The molecule has 4 heteroatoms. The average Bonchev–Trinajstić information content (AvgIpc) is 2.73. The van der Waals surface area contributed by atoms with Crippen LogP contribution >= 0.6 is 0 Å². The Bertz CT molecular complexity index is 406. The van der Waals surface area contributed by atoms with Gasteiger partial charge in [-0.1, -0.05) is 0 Å². The van der Waals surface area contributed by atoms with E-state index in [0.29, 0.717) is 12.3 Å². The van der Waals surface area contributed by atoms with Crippen LogP contribution in [0.2, 0.25) is 0 Å². The highest BCUT2D eigenvalue weighted by Crippen LogP contribution is 2.17. The van der Waals surface area contributed by atoms with E-state index in [2.05, 4.69) is 5.32 Å². The molecule has 0 aliphatic carbocycles. The molecule has 4 nitrogen and oxygen atoms in total. The zero-order valence-electron chi connectivity index (χ0n) is 9.77. The third-order valence-electron chi connectivity index (χ3n) is 2.72. The summed E-state index contributed by atoms with van der Waals surface area (Å²) >= 11 is 0. The number of pyridine rings is 1. The number of hydrogen-bond acceptors (Lipinski definition) is 3. The van der Waals surface area contributed by atoms with Gasteiger partial charge in [-0.15, -0.1) is 0 Å². The Balaban J connectivity index is 2.28. The number of rotatable bonds is 3. The van der Waals surface area contributed by atoms with E-state index in [9.17, 15) is 4.79 Å². The van der Waals surface area contributed by atoms with Gasteiger partial charge in [-0.2, -0.15) is 0 Å². The Morgan fingerprint density at radius 3 is 3.00 bits per heavy atom. The largest absolute Gasteiger partial charge is 0.379 e. The minimum Gasteiger partial charge on any atom is -0.379 e. The first-order valence-electron chi connectivity index (χ1n) is 5.74. The van der Waals surface area contributed by atoms with Gasteiger partial charge in [-0.25, -0.2) is 0 Å². The summed E-state index contributed by atoms with van der Waals surface area (Å²) < 4.78 is 7.08. The van der Waals surface area contributed by atoms with Crippen LogP contribution in [0.3, 0.4) is 0 Å². The van der Waals surface area contributed by atoms with Crippen molar-refractivity contribution < 1.29 is 4.74 Å². The first-order valence-corrected chi connectivity index (χ1v) is 5.74. The second kappa shape index (κ2) is 4.70. The Hall–Kier alpha value is -1.29. The van der Waals surface area contributed by atoms with E-state index in [1.807, 2.05) is 32.2 Å². The molecular formula is C12H18N2O2. The van der Waals surface area contributed by atoms with Crippen molar-refractivity contribution in [2.24, 2.45) is 0 Å². The zero-order chi connectivity index (χ0) is 11.5. The average molecular weight is 222 g/mol. The summed E-state index contributed by atoms with van der Waals surface area (Å²) in [5.74, 6) is 0. The molecular weight excluding hydrogens is 204 g/mol. The van der Waals surface area contributed by atoms with Crippen molar-refractivity contribution in [1.29, 1.82) is 0 Å². The van der Waals surface area contributed by atoms with Crippen molar-refractivity contribution in [2.45, 2.75) is 32.4 Å². The highest BCUT2D eigenvalue weighted by molar-refractivity contribution is 5.41. The van der Waals surface area contributed by atoms with Gasteiger partial charge in [0.05, 0.1) is 12.6 Å². The Labute approximate surface area is 95.2 Å². The van der Waals surface area contributed by atoms with Crippen molar-refractivity contribution >= 4 is 5.69 Å². The fraction of sp³-hybridized carbons (Fsp3) is 0.583. The second-order valence-corrected chi connectivity index (χ2v) is 4.45. The molecule has 2 rings (SSSR count). The quantitative estimate of drug-likeness (QED) is 0.845. The fourth-order valence-corrected chi connectivity index (χ4v) is 1.96. The summed E-state index contributed by atoms with van der Waals surface area (Å²) in [6, 6.07) is 4.20. The molecule has 1 aromatic rings. The van der Waals surface area contributed by atoms with Crippen LogP contribution in [0.15, 0.2) is 23.1 Å². The first-order chi connectivity index (χ1) is 7.68. The molecule has 1 aliphatic heterocycles. The third kappa shape index (κ3) is 2.27. The van der Waals surface area contributed by atoms with Crippen molar-refractivity contribution in [1.82, 2.24) is 4.57 Å². The molecule has 0 radical (unpaired) electrons. The lowest BCUT2D eigenvalue weighted by molar-refractivity contribution is 0.186. The van der Waals surface area contributed by atoms with Gasteiger partial charge >= 0.3 is 0 Å². The van der Waals surface area contributed by atoms with Crippen LogP contribution in [0.25, 0.3) is 0 Å². The molecule has 1 atom stereocenters. The Morgan fingerprint density at radius 1 is 1.56 bits per heavy atom. The Kier molecular flexibility index (Phi) is 3.29. The standard InChI is InChI=1S/C12H18N2O2/c1-9(2)13-11-4-3-6-14(12(11)15)10-5-7-16-8-10/h3-4,6,9-10,13H,5,7-8H2,1-2H3/t10-/m0/s1. The van der Waals surface area contributed by atoms with Gasteiger partial charge in [0.1, 0.15) is 5.69 Å². The molecule has 0 spiro atoms. The van der Waals surface area contributed by atoms with E-state index in [4.69, 9.17) is 4.74 Å². The van der Waals surface area contributed by atoms with Crippen LogP contribution in [-0.2, 0) is 4.74 Å². The summed E-state index contributed by atoms with van der Waals surface area (Å²) in [5, 5.41) is 3.16. The number of ether oxygens (including phenoxy) is 1. The smallest absolute Gasteiger partial charge is 0.274 e. The van der Waals surface area contributed by atoms with Crippen LogP contribution < -0.4 is 10.9 Å². The second-order valence-electron chi connectivity index (χ2n) is 4.45. The van der Waals surface area contributed by atoms with E-state index < -0.39 is 0 Å². The molecule has 1 fully saturated rings. The van der Waals surface area contributed by atoms with Crippen LogP contribution in [0.4, 0.5) is 5.69 Å². The van der Waals surface area contributed by atoms with Crippen molar-refractivity contribution in [3.8, 4) is 0 Å². The summed E-state index contributed by atoms with van der Waals surface area (Å²) in [6.45, 7) is 5.44. The molecule has 0 saturated carbocycles. The highest BCUT2D eigenvalue weighted by Gasteiger charge is 2.19. The predicted molar refractivity (Wildman–Crippen MR) is 63.9 cm³/mol. The molecule has 0 amide bonds. The summed E-state index contributed by atoms with van der Waals surface area (Å²) in [6.07, 6.45) is 2.76. The molecule has 1 aromatic heterocycles. The maximum absolute atomic E-state index is 12.1. The minimum absolute atomic E-state index is 0.0479. The van der Waals surface area contributed by atoms with Crippen molar-refractivity contribution in [3.63, 3.8) is 0 Å². The highest BCUT2D eigenvalue weighted by atomic mass is 16.5. The van der Waals surface area contributed by atoms with Gasteiger partial charge in [0.25, 0.3) is 5.56 Å². The van der Waals surface area contributed by atoms with Crippen LogP contribution in [-0.4, -0.2) is 23.8 Å². The van der Waals surface area contributed by atoms with Crippen molar-refractivity contribution in [2.75, 3.05) is 18.5 Å². The number of anilines is 1. The van der Waals surface area contributed by atoms with Gasteiger partial charge in [-0.3, -0.25) is 4.79 Å². The van der Waals surface area contributed by atoms with E-state index in [1.165, 1.54) is 0 Å². The van der Waals surface area contributed by atoms with Crippen LogP contribution in [0.1, 0.15) is 26.3 Å². The molecule has 88 valence electrons. The van der Waals surface area contributed by atoms with E-state index in [1.54, 1.807) is 4.57 Å². The minimum atomic E-state index is 0.0479. The van der Waals surface area contributed by atoms with E-state index >= 15 is 0 Å². The molecule has 0 unspecified atom stereocenters. The SMILES string of the molecule is CC(C)Nc1cccn([C@H]2CCOC2)c1=O. The van der Waals surface area contributed by atoms with E-state index in [0.717, 1.165) is 13.0 Å². The molecule has 0 aromatic carbocycles. The van der Waals surface area contributed by atoms with Gasteiger partial charge in [-0.05, 0) is 32.4 Å². The lowest BCUT2D eigenvalue weighted by Crippen LogP contribution is -2.28. The van der Waals surface area contributed by atoms with Gasteiger partial charge in [0.15, 0.2) is 0 Å². The zero-order valence-corrected chi connectivity index (χ0v) is 9.77. The monoisotopic (exact) mass is 222 g/mol. The Morgan fingerprint density at radius 2 is 2.38 bits per heavy atom. The van der Waals surface area contributed by atoms with Crippen molar-refractivity contribution in [3.05, 3.63) is 28.7 Å². The first kappa shape index (κ1) is 11.2. The maximum atomic E-state index is 12.1. The van der Waals surface area contributed by atoms with E-state index in [-0.39, 0.29) is 17.6 Å². The molecule has 0 bridgehead atoms. The summed E-state index contributed by atoms with van der Waals surface area (Å²) in [4.78, 5) is 12.1. The molecule has 16 heavy (non-hydrogen) atoms. The maximum Gasteiger partial charge on any atom is 0.274 e. The summed E-state index contributed by atoms with van der Waals surface area (Å²) in [5.41, 5.74) is 0.719. The predicted octanol–water partition coefficient (Wildman–Crippen LogP) is 1.63. The number of nitrogens with one attached hydrogen (secondary N) is 1. The van der Waals surface area contributed by atoms with Gasteiger partial charge < -0.3 is 14.6 Å². The normalized spacial score (nSPS) is 20.3. The fourth-order valence-electron chi connectivity index (χ4n) is 1.96. The molecule has 2 heterocycles. The number of hydrogen-bond donors (Lipinski definition) is 1. The molecule has 1 aliphatic rings. The lowest BCUT2D eigenvalue weighted by Gasteiger charge is -2.15. The number of nitrogens with zero attached hydrogens (tertiary/aromatic N) is 1. The number of aromatic nitrogens is 1. The molecule has 1 N–H and O–H groups in total. The molecule has 1 saturated heterocycles.